The number of alkyl halides is 3. The average Bonchev–Trinajstić information content (AvgIpc) is 3.07. The molecule has 5 rings (SSSR count). The SMILES string of the molecule is O=C(CN1C(=O)NC2(CCc3ccccc3C2)C1=O)N1CCN(c2cccc(C(F)(F)F)c2)CC1. The Morgan fingerprint density at radius 3 is 2.40 bits per heavy atom. The molecule has 2 aliphatic heterocycles. The molecule has 35 heavy (non-hydrogen) atoms. The smallest absolute Gasteiger partial charge is 0.368 e. The van der Waals surface area contributed by atoms with Gasteiger partial charge in [-0.2, -0.15) is 13.2 Å². The number of carbonyl (C=O) groups is 3. The van der Waals surface area contributed by atoms with Crippen LogP contribution in [0.2, 0.25) is 0 Å². The lowest BCUT2D eigenvalue weighted by Gasteiger charge is -2.37. The summed E-state index contributed by atoms with van der Waals surface area (Å²) in [6, 6.07) is 12.4. The Morgan fingerprint density at radius 2 is 1.69 bits per heavy atom. The molecule has 0 aromatic heterocycles. The highest BCUT2D eigenvalue weighted by atomic mass is 19.4. The van der Waals surface area contributed by atoms with Gasteiger partial charge in [-0.05, 0) is 42.2 Å². The molecule has 1 N–H and O–H groups in total. The molecule has 2 aromatic rings. The van der Waals surface area contributed by atoms with Crippen molar-refractivity contribution in [1.29, 1.82) is 0 Å². The fourth-order valence-corrected chi connectivity index (χ4v) is 5.17. The lowest BCUT2D eigenvalue weighted by molar-refractivity contribution is -0.139. The van der Waals surface area contributed by atoms with Crippen LogP contribution in [0.1, 0.15) is 23.1 Å². The van der Waals surface area contributed by atoms with Crippen LogP contribution in [0, 0.1) is 0 Å². The third-order valence-electron chi connectivity index (χ3n) is 7.14. The largest absolute Gasteiger partial charge is 0.416 e. The molecule has 2 saturated heterocycles. The molecule has 1 atom stereocenters. The van der Waals surface area contributed by atoms with Gasteiger partial charge >= 0.3 is 12.2 Å². The molecule has 7 nitrogen and oxygen atoms in total. The second-order valence-corrected chi connectivity index (χ2v) is 9.26. The summed E-state index contributed by atoms with van der Waals surface area (Å²) in [5.41, 5.74) is 0.889. The Hall–Kier alpha value is -3.56. The highest BCUT2D eigenvalue weighted by Crippen LogP contribution is 2.34. The zero-order valence-electron chi connectivity index (χ0n) is 19.0. The van der Waals surface area contributed by atoms with Crippen LogP contribution in [-0.2, 0) is 28.6 Å². The van der Waals surface area contributed by atoms with Gasteiger partial charge in [0.15, 0.2) is 0 Å². The number of benzene rings is 2. The predicted octanol–water partition coefficient (Wildman–Crippen LogP) is 2.83. The summed E-state index contributed by atoms with van der Waals surface area (Å²) < 4.78 is 39.1. The number of hydrogen-bond acceptors (Lipinski definition) is 4. The van der Waals surface area contributed by atoms with Crippen LogP contribution in [0.25, 0.3) is 0 Å². The molecular formula is C25H25F3N4O3. The number of nitrogens with zero attached hydrogens (tertiary/aromatic N) is 3. The van der Waals surface area contributed by atoms with Crippen molar-refractivity contribution in [2.45, 2.75) is 31.0 Å². The number of nitrogens with one attached hydrogen (secondary N) is 1. The van der Waals surface area contributed by atoms with Crippen LogP contribution in [0.15, 0.2) is 48.5 Å². The maximum atomic E-state index is 13.2. The van der Waals surface area contributed by atoms with Gasteiger partial charge in [-0.25, -0.2) is 4.79 Å². The van der Waals surface area contributed by atoms with Crippen LogP contribution in [0.3, 0.4) is 0 Å². The van der Waals surface area contributed by atoms with Crippen molar-refractivity contribution in [3.05, 3.63) is 65.2 Å². The number of rotatable bonds is 3. The molecule has 2 fully saturated rings. The topological polar surface area (TPSA) is 73.0 Å². The first kappa shape index (κ1) is 23.2. The highest BCUT2D eigenvalue weighted by Gasteiger charge is 2.52. The summed E-state index contributed by atoms with van der Waals surface area (Å²) in [5, 5.41) is 2.83. The zero-order valence-corrected chi connectivity index (χ0v) is 19.0. The number of fused-ring (bicyclic) bond motifs is 1. The van der Waals surface area contributed by atoms with E-state index in [9.17, 15) is 27.6 Å². The van der Waals surface area contributed by atoms with E-state index in [4.69, 9.17) is 0 Å². The molecule has 0 radical (unpaired) electrons. The van der Waals surface area contributed by atoms with Gasteiger partial charge in [-0.15, -0.1) is 0 Å². The van der Waals surface area contributed by atoms with Gasteiger partial charge in [0.1, 0.15) is 12.1 Å². The van der Waals surface area contributed by atoms with E-state index < -0.39 is 23.3 Å². The van der Waals surface area contributed by atoms with Gasteiger partial charge in [0, 0.05) is 38.3 Å². The van der Waals surface area contributed by atoms with E-state index in [1.165, 1.54) is 6.07 Å². The van der Waals surface area contributed by atoms with Gasteiger partial charge in [0.25, 0.3) is 5.91 Å². The minimum Gasteiger partial charge on any atom is -0.368 e. The number of aryl methyl sites for hydroxylation is 1. The van der Waals surface area contributed by atoms with Crippen molar-refractivity contribution in [3.8, 4) is 0 Å². The molecule has 4 amide bonds. The second kappa shape index (κ2) is 8.58. The number of urea groups is 1. The predicted molar refractivity (Wildman–Crippen MR) is 122 cm³/mol. The molecule has 1 spiro atoms. The number of amides is 4. The molecule has 1 aliphatic carbocycles. The van der Waals surface area contributed by atoms with E-state index >= 15 is 0 Å². The molecule has 10 heteroatoms. The second-order valence-electron chi connectivity index (χ2n) is 9.26. The third kappa shape index (κ3) is 4.33. The van der Waals surface area contributed by atoms with E-state index in [0.29, 0.717) is 38.0 Å². The lowest BCUT2D eigenvalue weighted by atomic mass is 9.78. The summed E-state index contributed by atoms with van der Waals surface area (Å²) in [5.74, 6) is -0.738. The molecule has 184 valence electrons. The maximum Gasteiger partial charge on any atom is 0.416 e. The summed E-state index contributed by atoms with van der Waals surface area (Å²) in [4.78, 5) is 43.2. The van der Waals surface area contributed by atoms with E-state index in [2.05, 4.69) is 5.32 Å². The molecule has 1 unspecified atom stereocenters. The first-order chi connectivity index (χ1) is 16.7. The molecule has 2 heterocycles. The van der Waals surface area contributed by atoms with E-state index in [0.717, 1.165) is 28.2 Å². The fraction of sp³-hybridized carbons (Fsp3) is 0.400. The molecule has 2 aromatic carbocycles. The van der Waals surface area contributed by atoms with Gasteiger partial charge in [0.2, 0.25) is 5.91 Å². The summed E-state index contributed by atoms with van der Waals surface area (Å²) in [6.07, 6.45) is -2.88. The van der Waals surface area contributed by atoms with Crippen molar-refractivity contribution in [2.75, 3.05) is 37.6 Å². The Kier molecular flexibility index (Phi) is 5.69. The number of carbonyl (C=O) groups excluding carboxylic acids is 3. The normalized spacial score (nSPS) is 22.4. The Bertz CT molecular complexity index is 1180. The van der Waals surface area contributed by atoms with Gasteiger partial charge in [-0.3, -0.25) is 14.5 Å². The van der Waals surface area contributed by atoms with Crippen LogP contribution < -0.4 is 10.2 Å². The van der Waals surface area contributed by atoms with Gasteiger partial charge < -0.3 is 15.1 Å². The third-order valence-corrected chi connectivity index (χ3v) is 7.14. The van der Waals surface area contributed by atoms with Crippen LogP contribution >= 0.6 is 0 Å². The van der Waals surface area contributed by atoms with Crippen LogP contribution in [-0.4, -0.2) is 65.9 Å². The molecule has 0 saturated carbocycles. The first-order valence-electron chi connectivity index (χ1n) is 11.6. The lowest BCUT2D eigenvalue weighted by Crippen LogP contribution is -2.53. The Labute approximate surface area is 200 Å². The highest BCUT2D eigenvalue weighted by molar-refractivity contribution is 6.09. The number of halogens is 3. The molecular weight excluding hydrogens is 461 g/mol. The number of imide groups is 1. The Morgan fingerprint density at radius 1 is 0.971 bits per heavy atom. The van der Waals surface area contributed by atoms with Crippen molar-refractivity contribution in [2.24, 2.45) is 0 Å². The van der Waals surface area contributed by atoms with Crippen molar-refractivity contribution in [1.82, 2.24) is 15.1 Å². The van der Waals surface area contributed by atoms with E-state index in [1.807, 2.05) is 24.3 Å². The maximum absolute atomic E-state index is 13.2. The zero-order chi connectivity index (χ0) is 24.8. The van der Waals surface area contributed by atoms with Crippen molar-refractivity contribution < 1.29 is 27.6 Å². The monoisotopic (exact) mass is 486 g/mol. The van der Waals surface area contributed by atoms with Crippen LogP contribution in [0.4, 0.5) is 23.7 Å². The summed E-state index contributed by atoms with van der Waals surface area (Å²) >= 11 is 0. The Balaban J connectivity index is 1.21. The standard InChI is InChI=1S/C25H25F3N4O3/c26-25(27,28)19-6-3-7-20(14-19)30-10-12-31(13-11-30)21(33)16-32-22(34)24(29-23(32)35)9-8-17-4-1-2-5-18(17)15-24/h1-7,14H,8-13,15-16H2,(H,29,35). The number of piperazine rings is 1. The van der Waals surface area contributed by atoms with E-state index in [-0.39, 0.29) is 31.4 Å². The van der Waals surface area contributed by atoms with Gasteiger partial charge in [0.05, 0.1) is 5.56 Å². The minimum atomic E-state index is -4.42. The van der Waals surface area contributed by atoms with Crippen LogP contribution in [0.5, 0.6) is 0 Å². The quantitative estimate of drug-likeness (QED) is 0.678. The molecule has 0 bridgehead atoms. The first-order valence-corrected chi connectivity index (χ1v) is 11.6. The minimum absolute atomic E-state index is 0.289. The summed E-state index contributed by atoms with van der Waals surface area (Å²) in [7, 11) is 0. The van der Waals surface area contributed by atoms with E-state index in [1.54, 1.807) is 15.9 Å². The fourth-order valence-electron chi connectivity index (χ4n) is 5.17. The van der Waals surface area contributed by atoms with Crippen molar-refractivity contribution in [3.63, 3.8) is 0 Å². The average molecular weight is 486 g/mol. The molecule has 3 aliphatic rings. The summed E-state index contributed by atoms with van der Waals surface area (Å²) in [6.45, 7) is 0.938. The number of anilines is 1. The van der Waals surface area contributed by atoms with Crippen molar-refractivity contribution >= 4 is 23.5 Å². The number of hydrogen-bond donors (Lipinski definition) is 1. The van der Waals surface area contributed by atoms with Gasteiger partial charge in [-0.1, -0.05) is 30.3 Å².